The molecule has 2 rings (SSSR count). The van der Waals surface area contributed by atoms with Gasteiger partial charge in [-0.3, -0.25) is 0 Å². The van der Waals surface area contributed by atoms with Gasteiger partial charge in [0.2, 0.25) is 0 Å². The van der Waals surface area contributed by atoms with Crippen LogP contribution in [-0.4, -0.2) is 11.1 Å². The van der Waals surface area contributed by atoms with Crippen LogP contribution in [0.25, 0.3) is 0 Å². The van der Waals surface area contributed by atoms with E-state index in [0.717, 1.165) is 14.9 Å². The lowest BCUT2D eigenvalue weighted by Gasteiger charge is -2.14. The highest BCUT2D eigenvalue weighted by Gasteiger charge is 2.12. The van der Waals surface area contributed by atoms with E-state index in [1.807, 2.05) is 19.1 Å². The molecule has 0 aliphatic rings. The molecule has 1 aromatic heterocycles. The van der Waals surface area contributed by atoms with Crippen LogP contribution in [0.4, 0.5) is 0 Å². The number of carboxylic acid groups (broad SMARTS) is 1. The Kier molecular flexibility index (Phi) is 4.96. The van der Waals surface area contributed by atoms with Crippen LogP contribution in [0.5, 0.6) is 0 Å². The van der Waals surface area contributed by atoms with Crippen molar-refractivity contribution in [2.24, 2.45) is 0 Å². The number of hydrogen-bond acceptors (Lipinski definition) is 3. The zero-order valence-electron chi connectivity index (χ0n) is 11.3. The lowest BCUT2D eigenvalue weighted by atomic mass is 10.1. The Labute approximate surface area is 130 Å². The Hall–Kier alpha value is -1.17. The van der Waals surface area contributed by atoms with Gasteiger partial charge in [0.1, 0.15) is 4.88 Å². The summed E-state index contributed by atoms with van der Waals surface area (Å²) in [6, 6.07) is 10.2. The van der Waals surface area contributed by atoms with Crippen LogP contribution in [0.15, 0.2) is 34.8 Å². The second-order valence-corrected chi connectivity index (χ2v) is 6.82. The molecule has 0 amide bonds. The molecule has 20 heavy (non-hydrogen) atoms. The largest absolute Gasteiger partial charge is 0.477 e. The molecule has 3 nitrogen and oxygen atoms in total. The van der Waals surface area contributed by atoms with E-state index < -0.39 is 5.97 Å². The number of rotatable bonds is 5. The highest BCUT2D eigenvalue weighted by atomic mass is 79.9. The summed E-state index contributed by atoms with van der Waals surface area (Å²) in [6.07, 6.45) is 0. The first-order valence-electron chi connectivity index (χ1n) is 6.29. The first kappa shape index (κ1) is 15.2. The fourth-order valence-corrected chi connectivity index (χ4v) is 3.08. The fraction of sp³-hybridized carbons (Fsp3) is 0.267. The van der Waals surface area contributed by atoms with Crippen LogP contribution in [0.1, 0.15) is 38.6 Å². The average Bonchev–Trinajstić information content (AvgIpc) is 2.78. The molecule has 2 aromatic rings. The van der Waals surface area contributed by atoms with Gasteiger partial charge in [-0.1, -0.05) is 28.1 Å². The molecule has 2 N–H and O–H groups in total. The van der Waals surface area contributed by atoms with E-state index in [1.165, 1.54) is 16.9 Å². The average molecular weight is 354 g/mol. The standard InChI is InChI=1S/C15H16BrNO2S/c1-9(11-3-5-13(16)6-4-11)17-8-12-7-14(15(18)19)20-10(12)2/h3-7,9,17H,8H2,1-2H3,(H,18,19). The monoisotopic (exact) mass is 353 g/mol. The van der Waals surface area contributed by atoms with E-state index in [1.54, 1.807) is 6.07 Å². The number of carboxylic acids is 1. The SMILES string of the molecule is Cc1sc(C(=O)O)cc1CNC(C)c1ccc(Br)cc1. The Morgan fingerprint density at radius 3 is 2.60 bits per heavy atom. The lowest BCUT2D eigenvalue weighted by Crippen LogP contribution is -2.18. The van der Waals surface area contributed by atoms with E-state index in [4.69, 9.17) is 5.11 Å². The molecule has 0 saturated heterocycles. The third-order valence-electron chi connectivity index (χ3n) is 3.20. The van der Waals surface area contributed by atoms with Gasteiger partial charge in [-0.25, -0.2) is 4.79 Å². The molecule has 106 valence electrons. The lowest BCUT2D eigenvalue weighted by molar-refractivity contribution is 0.0702. The predicted molar refractivity (Wildman–Crippen MR) is 85.4 cm³/mol. The quantitative estimate of drug-likeness (QED) is 0.838. The molecule has 0 fully saturated rings. The van der Waals surface area contributed by atoms with Crippen LogP contribution in [0.2, 0.25) is 0 Å². The maximum Gasteiger partial charge on any atom is 0.345 e. The van der Waals surface area contributed by atoms with Gasteiger partial charge >= 0.3 is 5.97 Å². The topological polar surface area (TPSA) is 49.3 Å². The molecule has 0 aliphatic heterocycles. The zero-order valence-corrected chi connectivity index (χ0v) is 13.7. The molecular formula is C15H16BrNO2S. The summed E-state index contributed by atoms with van der Waals surface area (Å²) in [5, 5.41) is 12.4. The Morgan fingerprint density at radius 2 is 2.05 bits per heavy atom. The minimum absolute atomic E-state index is 0.218. The first-order chi connectivity index (χ1) is 9.47. The van der Waals surface area contributed by atoms with Gasteiger partial charge in [0.05, 0.1) is 0 Å². The molecule has 0 bridgehead atoms. The van der Waals surface area contributed by atoms with Crippen molar-refractivity contribution >= 4 is 33.2 Å². The van der Waals surface area contributed by atoms with E-state index in [9.17, 15) is 4.79 Å². The van der Waals surface area contributed by atoms with Gasteiger partial charge in [0, 0.05) is 21.9 Å². The van der Waals surface area contributed by atoms with Crippen LogP contribution < -0.4 is 5.32 Å². The van der Waals surface area contributed by atoms with E-state index in [2.05, 4.69) is 40.3 Å². The molecule has 1 unspecified atom stereocenters. The summed E-state index contributed by atoms with van der Waals surface area (Å²) in [6.45, 7) is 4.73. The van der Waals surface area contributed by atoms with Gasteiger partial charge in [-0.05, 0) is 43.2 Å². The van der Waals surface area contributed by atoms with E-state index >= 15 is 0 Å². The number of thiophene rings is 1. The smallest absolute Gasteiger partial charge is 0.345 e. The second kappa shape index (κ2) is 6.52. The summed E-state index contributed by atoms with van der Waals surface area (Å²) in [7, 11) is 0. The molecule has 0 saturated carbocycles. The maximum absolute atomic E-state index is 10.9. The molecule has 0 spiro atoms. The number of benzene rings is 1. The normalized spacial score (nSPS) is 12.3. The summed E-state index contributed by atoms with van der Waals surface area (Å²) in [5.74, 6) is -0.856. The molecule has 1 atom stereocenters. The number of aromatic carboxylic acids is 1. The van der Waals surface area contributed by atoms with Gasteiger partial charge in [-0.15, -0.1) is 11.3 Å². The Morgan fingerprint density at radius 1 is 1.40 bits per heavy atom. The first-order valence-corrected chi connectivity index (χ1v) is 7.89. The molecule has 0 radical (unpaired) electrons. The molecule has 1 aromatic carbocycles. The number of nitrogens with one attached hydrogen (secondary N) is 1. The van der Waals surface area contributed by atoms with Crippen LogP contribution in [-0.2, 0) is 6.54 Å². The van der Waals surface area contributed by atoms with Crippen LogP contribution in [0, 0.1) is 6.92 Å². The maximum atomic E-state index is 10.9. The number of hydrogen-bond donors (Lipinski definition) is 2. The molecular weight excluding hydrogens is 338 g/mol. The van der Waals surface area contributed by atoms with Crippen molar-refractivity contribution in [2.45, 2.75) is 26.4 Å². The minimum Gasteiger partial charge on any atom is -0.477 e. The molecule has 0 aliphatic carbocycles. The van der Waals surface area contributed by atoms with Crippen LogP contribution in [0.3, 0.4) is 0 Å². The number of halogens is 1. The van der Waals surface area contributed by atoms with Crippen molar-refractivity contribution in [1.82, 2.24) is 5.32 Å². The third kappa shape index (κ3) is 3.69. The molecule has 5 heteroatoms. The van der Waals surface area contributed by atoms with Crippen LogP contribution >= 0.6 is 27.3 Å². The van der Waals surface area contributed by atoms with E-state index in [-0.39, 0.29) is 6.04 Å². The van der Waals surface area contributed by atoms with Gasteiger partial charge in [0.25, 0.3) is 0 Å². The highest BCUT2D eigenvalue weighted by Crippen LogP contribution is 2.23. The Balaban J connectivity index is 2.01. The second-order valence-electron chi connectivity index (χ2n) is 4.65. The van der Waals surface area contributed by atoms with Crippen molar-refractivity contribution < 1.29 is 9.90 Å². The number of aryl methyl sites for hydroxylation is 1. The summed E-state index contributed by atoms with van der Waals surface area (Å²) >= 11 is 4.75. The third-order valence-corrected chi connectivity index (χ3v) is 4.81. The summed E-state index contributed by atoms with van der Waals surface area (Å²) in [4.78, 5) is 12.4. The highest BCUT2D eigenvalue weighted by molar-refractivity contribution is 9.10. The van der Waals surface area contributed by atoms with Crippen molar-refractivity contribution in [2.75, 3.05) is 0 Å². The number of carbonyl (C=O) groups is 1. The minimum atomic E-state index is -0.856. The predicted octanol–water partition coefficient (Wildman–Crippen LogP) is 4.37. The zero-order chi connectivity index (χ0) is 14.7. The fourth-order valence-electron chi connectivity index (χ4n) is 1.93. The van der Waals surface area contributed by atoms with Gasteiger partial charge < -0.3 is 10.4 Å². The summed E-state index contributed by atoms with van der Waals surface area (Å²) < 4.78 is 1.06. The Bertz CT molecular complexity index is 607. The van der Waals surface area contributed by atoms with Crippen molar-refractivity contribution in [3.05, 3.63) is 55.7 Å². The van der Waals surface area contributed by atoms with Crippen molar-refractivity contribution in [1.29, 1.82) is 0 Å². The van der Waals surface area contributed by atoms with Crippen molar-refractivity contribution in [3.63, 3.8) is 0 Å². The molecule has 1 heterocycles. The van der Waals surface area contributed by atoms with E-state index in [0.29, 0.717) is 11.4 Å². The van der Waals surface area contributed by atoms with Gasteiger partial charge in [-0.2, -0.15) is 0 Å². The van der Waals surface area contributed by atoms with Crippen molar-refractivity contribution in [3.8, 4) is 0 Å². The van der Waals surface area contributed by atoms with Gasteiger partial charge in [0.15, 0.2) is 0 Å². The summed E-state index contributed by atoms with van der Waals surface area (Å²) in [5.41, 5.74) is 2.26.